The van der Waals surface area contributed by atoms with Crippen LogP contribution in [0, 0.1) is 0 Å². The highest BCUT2D eigenvalue weighted by Crippen LogP contribution is 2.27. The van der Waals surface area contributed by atoms with E-state index in [0.29, 0.717) is 17.7 Å². The quantitative estimate of drug-likeness (QED) is 0.789. The first-order valence-corrected chi connectivity index (χ1v) is 6.27. The number of methoxy groups -OCH3 is 1. The molecule has 2 aromatic rings. The van der Waals surface area contributed by atoms with Crippen molar-refractivity contribution in [3.8, 4) is 17.0 Å². The lowest BCUT2D eigenvalue weighted by Gasteiger charge is -2.02. The van der Waals surface area contributed by atoms with Gasteiger partial charge < -0.3 is 15.8 Å². The summed E-state index contributed by atoms with van der Waals surface area (Å²) in [6.45, 7) is -0.0423. The van der Waals surface area contributed by atoms with Crippen molar-refractivity contribution in [3.63, 3.8) is 0 Å². The van der Waals surface area contributed by atoms with Gasteiger partial charge >= 0.3 is 0 Å². The second kappa shape index (κ2) is 6.08. The highest BCUT2D eigenvalue weighted by Gasteiger charge is 2.17. The Morgan fingerprint density at radius 2 is 2.10 bits per heavy atom. The molecule has 7 heteroatoms. The number of nitrogens with two attached hydrogens (primary N) is 1. The Morgan fingerprint density at radius 3 is 2.62 bits per heavy atom. The number of amides is 1. The Hall–Kier alpha value is -2.83. The Morgan fingerprint density at radius 1 is 1.43 bits per heavy atom. The third kappa shape index (κ3) is 2.86. The molecule has 1 amide bonds. The first kappa shape index (κ1) is 14.6. The SMILES string of the molecule is CNC(=O)Cn1nc(-c2ccc(OC)cc2)c(C=O)c1N. The van der Waals surface area contributed by atoms with Crippen molar-refractivity contribution in [2.45, 2.75) is 6.54 Å². The zero-order chi connectivity index (χ0) is 15.4. The number of aromatic nitrogens is 2. The van der Waals surface area contributed by atoms with E-state index in [0.717, 1.165) is 5.56 Å². The zero-order valence-corrected chi connectivity index (χ0v) is 11.8. The average Bonchev–Trinajstić information content (AvgIpc) is 2.83. The van der Waals surface area contributed by atoms with Gasteiger partial charge in [0.15, 0.2) is 6.29 Å². The molecule has 0 saturated heterocycles. The van der Waals surface area contributed by atoms with E-state index >= 15 is 0 Å². The molecule has 0 aliphatic heterocycles. The van der Waals surface area contributed by atoms with Crippen molar-refractivity contribution >= 4 is 18.0 Å². The maximum Gasteiger partial charge on any atom is 0.241 e. The van der Waals surface area contributed by atoms with Crippen LogP contribution in [0.25, 0.3) is 11.3 Å². The number of likely N-dealkylation sites (N-methyl/N-ethyl adjacent to an activating group) is 1. The third-order valence-corrected chi connectivity index (χ3v) is 3.08. The van der Waals surface area contributed by atoms with Crippen molar-refractivity contribution < 1.29 is 14.3 Å². The lowest BCUT2D eigenvalue weighted by atomic mass is 10.1. The van der Waals surface area contributed by atoms with Crippen LogP contribution in [0.1, 0.15) is 10.4 Å². The van der Waals surface area contributed by atoms with Crippen molar-refractivity contribution in [1.82, 2.24) is 15.1 Å². The van der Waals surface area contributed by atoms with Crippen LogP contribution in [-0.4, -0.2) is 36.1 Å². The molecule has 3 N–H and O–H groups in total. The molecule has 1 aromatic heterocycles. The Kier molecular flexibility index (Phi) is 4.22. The largest absolute Gasteiger partial charge is 0.497 e. The number of aldehydes is 1. The predicted molar refractivity (Wildman–Crippen MR) is 78.1 cm³/mol. The van der Waals surface area contributed by atoms with Crippen LogP contribution in [0.3, 0.4) is 0 Å². The number of ether oxygens (including phenoxy) is 1. The molecule has 7 nitrogen and oxygen atoms in total. The molecule has 21 heavy (non-hydrogen) atoms. The number of nitrogens with one attached hydrogen (secondary N) is 1. The van der Waals surface area contributed by atoms with Crippen LogP contribution in [0.2, 0.25) is 0 Å². The van der Waals surface area contributed by atoms with Gasteiger partial charge in [0.1, 0.15) is 23.8 Å². The molecular formula is C14H16N4O3. The minimum Gasteiger partial charge on any atom is -0.497 e. The van der Waals surface area contributed by atoms with E-state index in [2.05, 4.69) is 10.4 Å². The Bertz CT molecular complexity index is 662. The molecule has 0 atom stereocenters. The summed E-state index contributed by atoms with van der Waals surface area (Å²) in [6.07, 6.45) is 0.641. The molecule has 0 radical (unpaired) electrons. The summed E-state index contributed by atoms with van der Waals surface area (Å²) >= 11 is 0. The normalized spacial score (nSPS) is 10.2. The smallest absolute Gasteiger partial charge is 0.241 e. The van der Waals surface area contributed by atoms with E-state index in [1.807, 2.05) is 0 Å². The van der Waals surface area contributed by atoms with Gasteiger partial charge in [-0.15, -0.1) is 0 Å². The van der Waals surface area contributed by atoms with Crippen molar-refractivity contribution in [3.05, 3.63) is 29.8 Å². The summed E-state index contributed by atoms with van der Waals surface area (Å²) < 4.78 is 6.39. The molecule has 1 aromatic carbocycles. The van der Waals surface area contributed by atoms with E-state index in [4.69, 9.17) is 10.5 Å². The zero-order valence-electron chi connectivity index (χ0n) is 11.8. The molecule has 0 fully saturated rings. The summed E-state index contributed by atoms with van der Waals surface area (Å²) in [5.74, 6) is 0.617. The summed E-state index contributed by atoms with van der Waals surface area (Å²) in [4.78, 5) is 22.7. The number of benzene rings is 1. The lowest BCUT2D eigenvalue weighted by molar-refractivity contribution is -0.121. The van der Waals surface area contributed by atoms with Gasteiger partial charge in [-0.3, -0.25) is 9.59 Å². The van der Waals surface area contributed by atoms with E-state index < -0.39 is 0 Å². The fourth-order valence-electron chi connectivity index (χ4n) is 1.90. The molecule has 0 aliphatic carbocycles. The predicted octanol–water partition coefficient (Wildman–Crippen LogP) is 0.699. The van der Waals surface area contributed by atoms with E-state index in [1.54, 1.807) is 31.4 Å². The number of nitrogen functional groups attached to an aromatic ring is 1. The third-order valence-electron chi connectivity index (χ3n) is 3.08. The van der Waals surface area contributed by atoms with Crippen molar-refractivity contribution in [2.75, 3.05) is 19.9 Å². The highest BCUT2D eigenvalue weighted by atomic mass is 16.5. The molecule has 0 unspecified atom stereocenters. The molecule has 2 rings (SSSR count). The van der Waals surface area contributed by atoms with Crippen molar-refractivity contribution in [2.24, 2.45) is 0 Å². The molecule has 0 aliphatic rings. The fourth-order valence-corrected chi connectivity index (χ4v) is 1.90. The van der Waals surface area contributed by atoms with Crippen LogP contribution in [0.5, 0.6) is 5.75 Å². The van der Waals surface area contributed by atoms with E-state index in [9.17, 15) is 9.59 Å². The lowest BCUT2D eigenvalue weighted by Crippen LogP contribution is -2.24. The van der Waals surface area contributed by atoms with Gasteiger partial charge in [0, 0.05) is 12.6 Å². The monoisotopic (exact) mass is 288 g/mol. The number of carbonyl (C=O) groups excluding carboxylic acids is 2. The standard InChI is InChI=1S/C14H16N4O3/c1-16-12(20)7-18-14(15)11(8-19)13(17-18)9-3-5-10(21-2)6-4-9/h3-6,8H,7,15H2,1-2H3,(H,16,20). The van der Waals surface area contributed by atoms with Crippen molar-refractivity contribution in [1.29, 1.82) is 0 Å². The Labute approximate surface area is 121 Å². The number of hydrogen-bond donors (Lipinski definition) is 2. The first-order chi connectivity index (χ1) is 10.1. The van der Waals surface area contributed by atoms with Crippen LogP contribution in [0.4, 0.5) is 5.82 Å². The number of rotatable bonds is 5. The molecule has 0 saturated carbocycles. The number of anilines is 1. The van der Waals surface area contributed by atoms with Gasteiger partial charge in [0.25, 0.3) is 0 Å². The van der Waals surface area contributed by atoms with Gasteiger partial charge in [-0.05, 0) is 24.3 Å². The topological polar surface area (TPSA) is 99.2 Å². The van der Waals surface area contributed by atoms with Crippen LogP contribution in [0.15, 0.2) is 24.3 Å². The highest BCUT2D eigenvalue weighted by molar-refractivity contribution is 5.92. The Balaban J connectivity index is 2.44. The number of carbonyl (C=O) groups is 2. The minimum absolute atomic E-state index is 0.0423. The molecule has 0 spiro atoms. The van der Waals surface area contributed by atoms with E-state index in [-0.39, 0.29) is 23.8 Å². The first-order valence-electron chi connectivity index (χ1n) is 6.27. The molecule has 1 heterocycles. The van der Waals surface area contributed by atoms with Crippen LogP contribution in [-0.2, 0) is 11.3 Å². The van der Waals surface area contributed by atoms with Crippen LogP contribution < -0.4 is 15.8 Å². The molecule has 110 valence electrons. The number of nitrogens with zero attached hydrogens (tertiary/aromatic N) is 2. The molecule has 0 bridgehead atoms. The maximum atomic E-state index is 11.4. The summed E-state index contributed by atoms with van der Waals surface area (Å²) in [5.41, 5.74) is 7.30. The summed E-state index contributed by atoms with van der Waals surface area (Å²) in [6, 6.07) is 7.07. The second-order valence-corrected chi connectivity index (χ2v) is 4.32. The molecular weight excluding hydrogens is 272 g/mol. The average molecular weight is 288 g/mol. The summed E-state index contributed by atoms with van der Waals surface area (Å²) in [7, 11) is 3.09. The summed E-state index contributed by atoms with van der Waals surface area (Å²) in [5, 5.41) is 6.74. The second-order valence-electron chi connectivity index (χ2n) is 4.32. The van der Waals surface area contributed by atoms with Gasteiger partial charge in [-0.25, -0.2) is 4.68 Å². The van der Waals surface area contributed by atoms with Gasteiger partial charge in [0.05, 0.1) is 12.7 Å². The van der Waals surface area contributed by atoms with E-state index in [1.165, 1.54) is 11.7 Å². The number of hydrogen-bond acceptors (Lipinski definition) is 5. The van der Waals surface area contributed by atoms with Crippen LogP contribution >= 0.6 is 0 Å². The fraction of sp³-hybridized carbons (Fsp3) is 0.214. The van der Waals surface area contributed by atoms with Gasteiger partial charge in [0.2, 0.25) is 5.91 Å². The minimum atomic E-state index is -0.247. The van der Waals surface area contributed by atoms with Gasteiger partial charge in [-0.1, -0.05) is 0 Å². The maximum absolute atomic E-state index is 11.4. The van der Waals surface area contributed by atoms with Gasteiger partial charge in [-0.2, -0.15) is 5.10 Å².